The number of hydrogen-bond acceptors (Lipinski definition) is 8. The summed E-state index contributed by atoms with van der Waals surface area (Å²) in [5.74, 6) is 1.69. The van der Waals surface area contributed by atoms with E-state index >= 15 is 0 Å². The van der Waals surface area contributed by atoms with Crippen molar-refractivity contribution in [1.29, 1.82) is 0 Å². The van der Waals surface area contributed by atoms with Crippen LogP contribution in [0.5, 0.6) is 5.75 Å². The lowest BCUT2D eigenvalue weighted by Crippen LogP contribution is -2.12. The van der Waals surface area contributed by atoms with Crippen LogP contribution >= 0.6 is 12.6 Å². The van der Waals surface area contributed by atoms with E-state index < -0.39 is 0 Å². The Kier molecular flexibility index (Phi) is 6.89. The van der Waals surface area contributed by atoms with Gasteiger partial charge in [-0.2, -0.15) is 10.3 Å². The summed E-state index contributed by atoms with van der Waals surface area (Å²) < 4.78 is 7.89. The van der Waals surface area contributed by atoms with E-state index in [0.29, 0.717) is 18.3 Å². The van der Waals surface area contributed by atoms with Gasteiger partial charge in [0.25, 0.3) is 0 Å². The summed E-state index contributed by atoms with van der Waals surface area (Å²) in [6, 6.07) is 8.12. The van der Waals surface area contributed by atoms with E-state index in [1.807, 2.05) is 36.7 Å². The Morgan fingerprint density at radius 3 is 2.69 bits per heavy atom. The number of aromatic amines is 1. The molecule has 1 aliphatic carbocycles. The molecule has 35 heavy (non-hydrogen) atoms. The van der Waals surface area contributed by atoms with Crippen LogP contribution in [0.4, 0.5) is 0 Å². The molecule has 5 rings (SSSR count). The number of hydrogen-bond donors (Lipinski definition) is 2. The van der Waals surface area contributed by atoms with Gasteiger partial charge in [0.15, 0.2) is 5.65 Å². The molecular weight excluding hydrogens is 460 g/mol. The third-order valence-corrected chi connectivity index (χ3v) is 6.88. The van der Waals surface area contributed by atoms with Crippen molar-refractivity contribution in [1.82, 2.24) is 35.2 Å². The molecule has 4 aromatic rings. The predicted molar refractivity (Wildman–Crippen MR) is 139 cm³/mol. The van der Waals surface area contributed by atoms with Gasteiger partial charge in [-0.05, 0) is 49.6 Å². The highest BCUT2D eigenvalue weighted by Crippen LogP contribution is 2.39. The van der Waals surface area contributed by atoms with Gasteiger partial charge in [-0.1, -0.05) is 31.4 Å². The average Bonchev–Trinajstić information content (AvgIpc) is 3.57. The first kappa shape index (κ1) is 23.2. The van der Waals surface area contributed by atoms with Crippen molar-refractivity contribution in [2.24, 2.45) is 4.99 Å². The van der Waals surface area contributed by atoms with Crippen LogP contribution in [0.15, 0.2) is 52.3 Å². The number of thiol groups is 1. The van der Waals surface area contributed by atoms with Crippen LogP contribution in [-0.4, -0.2) is 48.0 Å². The lowest BCUT2D eigenvalue weighted by molar-refractivity contribution is 0.359. The Morgan fingerprint density at radius 1 is 1.17 bits per heavy atom. The fourth-order valence-electron chi connectivity index (χ4n) is 4.63. The topological polar surface area (TPSA) is 106 Å². The van der Waals surface area contributed by atoms with Crippen LogP contribution in [0, 0.1) is 0 Å². The number of rotatable bonds is 7. The van der Waals surface area contributed by atoms with E-state index in [1.165, 1.54) is 25.0 Å². The lowest BCUT2D eigenvalue weighted by Gasteiger charge is -2.25. The zero-order chi connectivity index (χ0) is 24.2. The molecule has 0 saturated heterocycles. The van der Waals surface area contributed by atoms with Gasteiger partial charge in [0, 0.05) is 34.5 Å². The van der Waals surface area contributed by atoms with Gasteiger partial charge in [-0.15, -0.1) is 22.8 Å². The van der Waals surface area contributed by atoms with Gasteiger partial charge in [0.1, 0.15) is 12.4 Å². The number of H-pyrrole nitrogens is 1. The number of benzene rings is 1. The molecule has 1 fully saturated rings. The molecule has 1 N–H and O–H groups in total. The number of ether oxygens (including phenoxy) is 1. The maximum absolute atomic E-state index is 5.92. The van der Waals surface area contributed by atoms with Crippen LogP contribution in [-0.2, 0) is 0 Å². The van der Waals surface area contributed by atoms with Gasteiger partial charge >= 0.3 is 0 Å². The highest BCUT2D eigenvalue weighted by Gasteiger charge is 2.25. The molecule has 9 nitrogen and oxygen atoms in total. The first-order chi connectivity index (χ1) is 17.2. The minimum absolute atomic E-state index is 0.374. The summed E-state index contributed by atoms with van der Waals surface area (Å²) in [5, 5.41) is 19.2. The van der Waals surface area contributed by atoms with Crippen molar-refractivity contribution in [2.75, 3.05) is 6.61 Å². The van der Waals surface area contributed by atoms with Crippen molar-refractivity contribution in [2.45, 2.75) is 51.9 Å². The summed E-state index contributed by atoms with van der Waals surface area (Å²) in [7, 11) is 0. The van der Waals surface area contributed by atoms with E-state index in [2.05, 4.69) is 50.4 Å². The summed E-state index contributed by atoms with van der Waals surface area (Å²) in [6.45, 7) is 4.18. The summed E-state index contributed by atoms with van der Waals surface area (Å²) >= 11 is 4.51. The summed E-state index contributed by atoms with van der Waals surface area (Å²) in [6.07, 6.45) is 11.5. The number of nitrogens with one attached hydrogen (secondary N) is 1. The molecule has 0 unspecified atom stereocenters. The third kappa shape index (κ3) is 4.84. The third-order valence-electron chi connectivity index (χ3n) is 6.42. The maximum Gasteiger partial charge on any atom is 0.210 e. The fraction of sp³-hybridized carbons (Fsp3) is 0.360. The number of allylic oxidation sites excluding steroid dienone is 1. The smallest absolute Gasteiger partial charge is 0.210 e. The molecule has 0 atom stereocenters. The SMILES string of the molecule is CC=N/C(C)=C(\S)COc1ccc(-c2cnc3c(-c4nn[nH]n4)cnn3c2C2CCCCC2)cc1. The van der Waals surface area contributed by atoms with Gasteiger partial charge < -0.3 is 4.74 Å². The van der Waals surface area contributed by atoms with E-state index in [0.717, 1.165) is 51.5 Å². The first-order valence-electron chi connectivity index (χ1n) is 11.9. The average molecular weight is 489 g/mol. The van der Waals surface area contributed by atoms with Crippen molar-refractivity contribution < 1.29 is 4.74 Å². The minimum atomic E-state index is 0.374. The molecule has 1 saturated carbocycles. The Morgan fingerprint density at radius 2 is 1.97 bits per heavy atom. The second kappa shape index (κ2) is 10.4. The number of aromatic nitrogens is 7. The quantitative estimate of drug-likeness (QED) is 0.272. The van der Waals surface area contributed by atoms with E-state index in [-0.39, 0.29) is 0 Å². The Bertz CT molecular complexity index is 1350. The molecule has 1 aromatic carbocycles. The zero-order valence-electron chi connectivity index (χ0n) is 19.8. The van der Waals surface area contributed by atoms with E-state index in [9.17, 15) is 0 Å². The van der Waals surface area contributed by atoms with Crippen LogP contribution in [0.3, 0.4) is 0 Å². The van der Waals surface area contributed by atoms with Crippen molar-refractivity contribution in [3.05, 3.63) is 53.0 Å². The molecule has 0 spiro atoms. The molecule has 3 heterocycles. The maximum atomic E-state index is 5.92. The van der Waals surface area contributed by atoms with Gasteiger partial charge in [0.2, 0.25) is 5.82 Å². The second-order valence-electron chi connectivity index (χ2n) is 8.65. The van der Waals surface area contributed by atoms with Crippen LogP contribution in [0.25, 0.3) is 28.2 Å². The predicted octanol–water partition coefficient (Wildman–Crippen LogP) is 5.25. The lowest BCUT2D eigenvalue weighted by atomic mass is 9.84. The van der Waals surface area contributed by atoms with Gasteiger partial charge in [-0.3, -0.25) is 4.99 Å². The number of tetrazole rings is 1. The van der Waals surface area contributed by atoms with Gasteiger partial charge in [-0.25, -0.2) is 9.50 Å². The highest BCUT2D eigenvalue weighted by atomic mass is 32.1. The standard InChI is InChI=1S/C25H28N8OS/c1-3-26-16(2)22(35)15-34-19-11-9-17(10-12-19)20-13-27-25-21(24-29-31-32-30-24)14-28-33(25)23(20)18-7-5-4-6-8-18/h3,9-14,18,35H,4-8,15H2,1-2H3,(H,29,30,31,32)/b22-16-,26-3?. The zero-order valence-corrected chi connectivity index (χ0v) is 20.7. The van der Waals surface area contributed by atoms with Gasteiger partial charge in [0.05, 0.1) is 17.5 Å². The molecule has 0 amide bonds. The summed E-state index contributed by atoms with van der Waals surface area (Å²) in [4.78, 5) is 9.83. The van der Waals surface area contributed by atoms with Crippen LogP contribution < -0.4 is 4.74 Å². The monoisotopic (exact) mass is 488 g/mol. The number of aliphatic imine (C=N–C) groups is 1. The van der Waals surface area contributed by atoms with Crippen molar-refractivity contribution in [3.8, 4) is 28.3 Å². The fourth-order valence-corrected chi connectivity index (χ4v) is 4.75. The largest absolute Gasteiger partial charge is 0.488 e. The molecule has 0 bridgehead atoms. The van der Waals surface area contributed by atoms with E-state index in [4.69, 9.17) is 14.8 Å². The molecule has 1 aliphatic rings. The van der Waals surface area contributed by atoms with Crippen molar-refractivity contribution in [3.63, 3.8) is 0 Å². The van der Waals surface area contributed by atoms with E-state index in [1.54, 1.807) is 12.4 Å². The first-order valence-corrected chi connectivity index (χ1v) is 12.3. The van der Waals surface area contributed by atoms with Crippen LogP contribution in [0.1, 0.15) is 57.6 Å². The molecule has 3 aromatic heterocycles. The number of fused-ring (bicyclic) bond motifs is 1. The summed E-state index contributed by atoms with van der Waals surface area (Å²) in [5.41, 5.74) is 5.72. The second-order valence-corrected chi connectivity index (χ2v) is 9.19. The molecule has 180 valence electrons. The normalized spacial score (nSPS) is 15.6. The number of nitrogens with zero attached hydrogens (tertiary/aromatic N) is 7. The molecule has 0 radical (unpaired) electrons. The van der Waals surface area contributed by atoms with Crippen molar-refractivity contribution >= 4 is 24.5 Å². The van der Waals surface area contributed by atoms with Crippen LogP contribution in [0.2, 0.25) is 0 Å². The molecule has 0 aliphatic heterocycles. The molecular formula is C25H28N8OS. The Balaban J connectivity index is 1.49. The molecule has 10 heteroatoms. The Hall–Kier alpha value is -3.53. The Labute approximate surface area is 209 Å². The minimum Gasteiger partial charge on any atom is -0.488 e. The highest BCUT2D eigenvalue weighted by molar-refractivity contribution is 7.84.